The Morgan fingerprint density at radius 1 is 1.28 bits per heavy atom. The molecule has 1 saturated heterocycles. The first-order chi connectivity index (χ1) is 13.9. The summed E-state index contributed by atoms with van der Waals surface area (Å²) in [6.07, 6.45) is 1.31. The molecule has 3 rings (SSSR count). The predicted molar refractivity (Wildman–Crippen MR) is 113 cm³/mol. The van der Waals surface area contributed by atoms with Gasteiger partial charge in [-0.2, -0.15) is 4.31 Å². The van der Waals surface area contributed by atoms with Crippen LogP contribution in [0, 0.1) is 12.8 Å². The number of nitrogens with zero attached hydrogens (tertiary/aromatic N) is 1. The minimum absolute atomic E-state index is 0.179. The van der Waals surface area contributed by atoms with Gasteiger partial charge in [0.25, 0.3) is 10.0 Å². The van der Waals surface area contributed by atoms with Gasteiger partial charge in [0.2, 0.25) is 5.91 Å². The van der Waals surface area contributed by atoms with Gasteiger partial charge in [-0.25, -0.2) is 8.42 Å². The van der Waals surface area contributed by atoms with E-state index in [-0.39, 0.29) is 12.5 Å². The van der Waals surface area contributed by atoms with Gasteiger partial charge in [0, 0.05) is 36.8 Å². The van der Waals surface area contributed by atoms with Crippen LogP contribution in [0.25, 0.3) is 0 Å². The molecule has 9 heteroatoms. The summed E-state index contributed by atoms with van der Waals surface area (Å²) in [6, 6.07) is 10.6. The van der Waals surface area contributed by atoms with Crippen molar-refractivity contribution in [3.05, 3.63) is 41.3 Å². The second-order valence-corrected chi connectivity index (χ2v) is 10.4. The molecule has 1 aromatic heterocycles. The average molecular weight is 439 g/mol. The number of hydrogen-bond acceptors (Lipinski definition) is 6. The Balaban J connectivity index is 1.63. The minimum atomic E-state index is -3.56. The third-order valence-electron chi connectivity index (χ3n) is 4.72. The molecule has 2 heterocycles. The molecule has 1 N–H and O–H groups in total. The lowest BCUT2D eigenvalue weighted by Crippen LogP contribution is -2.43. The number of nitrogens with one attached hydrogen (secondary N) is 1. The zero-order valence-corrected chi connectivity index (χ0v) is 18.2. The van der Waals surface area contributed by atoms with E-state index in [0.717, 1.165) is 4.88 Å². The zero-order chi connectivity index (χ0) is 20.9. The Hall–Kier alpha value is -1.94. The molecule has 158 valence electrons. The minimum Gasteiger partial charge on any atom is -0.491 e. The maximum atomic E-state index is 12.9. The van der Waals surface area contributed by atoms with Crippen molar-refractivity contribution < 1.29 is 22.7 Å². The lowest BCUT2D eigenvalue weighted by atomic mass is 9.98. The summed E-state index contributed by atoms with van der Waals surface area (Å²) in [7, 11) is -1.96. The maximum absolute atomic E-state index is 12.9. The average Bonchev–Trinajstić information content (AvgIpc) is 3.16. The lowest BCUT2D eigenvalue weighted by Gasteiger charge is -2.30. The molecule has 0 radical (unpaired) electrons. The summed E-state index contributed by atoms with van der Waals surface area (Å²) < 4.78 is 38.0. The van der Waals surface area contributed by atoms with Crippen molar-refractivity contribution in [1.82, 2.24) is 4.31 Å². The fraction of sp³-hybridized carbons (Fsp3) is 0.450. The van der Waals surface area contributed by atoms with Gasteiger partial charge in [-0.1, -0.05) is 6.07 Å². The van der Waals surface area contributed by atoms with Gasteiger partial charge in [0.1, 0.15) is 16.6 Å². The Morgan fingerprint density at radius 3 is 2.83 bits per heavy atom. The predicted octanol–water partition coefficient (Wildman–Crippen LogP) is 3.12. The Labute approximate surface area is 175 Å². The van der Waals surface area contributed by atoms with Gasteiger partial charge in [-0.3, -0.25) is 4.79 Å². The van der Waals surface area contributed by atoms with Crippen LogP contribution in [-0.2, 0) is 19.6 Å². The molecule has 0 aliphatic carbocycles. The van der Waals surface area contributed by atoms with Gasteiger partial charge in [0.05, 0.1) is 12.5 Å². The van der Waals surface area contributed by atoms with Gasteiger partial charge in [-0.15, -0.1) is 11.3 Å². The fourth-order valence-electron chi connectivity index (χ4n) is 3.20. The number of ether oxygens (including phenoxy) is 2. The van der Waals surface area contributed by atoms with Crippen LogP contribution in [0.2, 0.25) is 0 Å². The third kappa shape index (κ3) is 5.57. The van der Waals surface area contributed by atoms with E-state index in [1.807, 2.05) is 13.0 Å². The molecule has 1 fully saturated rings. The van der Waals surface area contributed by atoms with Crippen LogP contribution < -0.4 is 10.1 Å². The Bertz CT molecular complexity index is 942. The van der Waals surface area contributed by atoms with Crippen LogP contribution in [0.15, 0.2) is 40.6 Å². The summed E-state index contributed by atoms with van der Waals surface area (Å²) in [5, 5.41) is 2.89. The smallest absolute Gasteiger partial charge is 0.252 e. The molecular formula is C20H26N2O5S2. The van der Waals surface area contributed by atoms with E-state index in [4.69, 9.17) is 9.47 Å². The van der Waals surface area contributed by atoms with Crippen LogP contribution >= 0.6 is 11.3 Å². The van der Waals surface area contributed by atoms with Crippen molar-refractivity contribution in [2.45, 2.75) is 24.0 Å². The molecular weight excluding hydrogens is 412 g/mol. The Kier molecular flexibility index (Phi) is 7.28. The summed E-state index contributed by atoms with van der Waals surface area (Å²) in [6.45, 7) is 3.41. The molecule has 1 amide bonds. The number of amides is 1. The highest BCUT2D eigenvalue weighted by molar-refractivity contribution is 7.91. The highest BCUT2D eigenvalue weighted by Crippen LogP contribution is 2.29. The van der Waals surface area contributed by atoms with Gasteiger partial charge in [0.15, 0.2) is 0 Å². The van der Waals surface area contributed by atoms with E-state index in [2.05, 4.69) is 5.32 Å². The van der Waals surface area contributed by atoms with Crippen LogP contribution in [0.1, 0.15) is 17.7 Å². The molecule has 0 spiro atoms. The van der Waals surface area contributed by atoms with Crippen molar-refractivity contribution >= 4 is 33.0 Å². The fourth-order valence-corrected chi connectivity index (χ4v) is 6.16. The third-order valence-corrected chi connectivity index (χ3v) is 8.06. The van der Waals surface area contributed by atoms with Gasteiger partial charge in [-0.05, 0) is 44.0 Å². The second kappa shape index (κ2) is 9.71. The molecule has 1 aliphatic heterocycles. The molecule has 1 atom stereocenters. The normalized spacial score (nSPS) is 17.8. The van der Waals surface area contributed by atoms with E-state index in [0.29, 0.717) is 48.2 Å². The van der Waals surface area contributed by atoms with Crippen LogP contribution in [0.4, 0.5) is 5.69 Å². The molecule has 0 saturated carbocycles. The van der Waals surface area contributed by atoms with Crippen LogP contribution in [0.5, 0.6) is 5.75 Å². The van der Waals surface area contributed by atoms with Crippen molar-refractivity contribution in [2.24, 2.45) is 5.92 Å². The number of benzene rings is 1. The van der Waals surface area contributed by atoms with E-state index in [9.17, 15) is 13.2 Å². The largest absolute Gasteiger partial charge is 0.491 e. The standard InChI is InChI=1S/C20H26N2O5S2/c1-15-8-9-19(28-15)29(24,25)22-10-4-5-16(14-22)20(23)21-17-6-3-7-18(13-17)27-12-11-26-2/h3,6-9,13,16H,4-5,10-12,14H2,1-2H3,(H,21,23). The molecule has 1 unspecified atom stereocenters. The zero-order valence-electron chi connectivity index (χ0n) is 16.6. The van der Waals surface area contributed by atoms with Crippen LogP contribution in [0.3, 0.4) is 0 Å². The second-order valence-electron chi connectivity index (χ2n) is 6.93. The van der Waals surface area contributed by atoms with E-state index in [1.165, 1.54) is 15.6 Å². The first-order valence-corrected chi connectivity index (χ1v) is 11.7. The monoisotopic (exact) mass is 438 g/mol. The number of sulfonamides is 1. The molecule has 2 aromatic rings. The molecule has 0 bridgehead atoms. The van der Waals surface area contributed by atoms with Crippen molar-refractivity contribution in [3.8, 4) is 5.75 Å². The summed E-state index contributed by atoms with van der Waals surface area (Å²) >= 11 is 1.26. The quantitative estimate of drug-likeness (QED) is 0.640. The number of hydrogen-bond donors (Lipinski definition) is 1. The number of anilines is 1. The highest BCUT2D eigenvalue weighted by Gasteiger charge is 2.34. The number of carbonyl (C=O) groups is 1. The van der Waals surface area contributed by atoms with E-state index in [1.54, 1.807) is 37.4 Å². The number of aryl methyl sites for hydroxylation is 1. The number of methoxy groups -OCH3 is 1. The maximum Gasteiger partial charge on any atom is 0.252 e. The number of thiophene rings is 1. The topological polar surface area (TPSA) is 84.9 Å². The van der Waals surface area contributed by atoms with Crippen molar-refractivity contribution in [3.63, 3.8) is 0 Å². The molecule has 29 heavy (non-hydrogen) atoms. The summed E-state index contributed by atoms with van der Waals surface area (Å²) in [5.74, 6) is 0.0692. The number of piperidine rings is 1. The number of carbonyl (C=O) groups excluding carboxylic acids is 1. The number of rotatable bonds is 8. The van der Waals surface area contributed by atoms with E-state index < -0.39 is 15.9 Å². The van der Waals surface area contributed by atoms with Crippen molar-refractivity contribution in [2.75, 3.05) is 38.7 Å². The van der Waals surface area contributed by atoms with Crippen LogP contribution in [-0.4, -0.2) is 52.0 Å². The van der Waals surface area contributed by atoms with Gasteiger partial charge >= 0.3 is 0 Å². The summed E-state index contributed by atoms with van der Waals surface area (Å²) in [4.78, 5) is 13.7. The lowest BCUT2D eigenvalue weighted by molar-refractivity contribution is -0.120. The molecule has 7 nitrogen and oxygen atoms in total. The highest BCUT2D eigenvalue weighted by atomic mass is 32.2. The first kappa shape index (κ1) is 21.8. The van der Waals surface area contributed by atoms with Gasteiger partial charge < -0.3 is 14.8 Å². The first-order valence-electron chi connectivity index (χ1n) is 9.49. The Morgan fingerprint density at radius 2 is 2.10 bits per heavy atom. The summed E-state index contributed by atoms with van der Waals surface area (Å²) in [5.41, 5.74) is 0.624. The van der Waals surface area contributed by atoms with Crippen molar-refractivity contribution in [1.29, 1.82) is 0 Å². The molecule has 1 aliphatic rings. The SMILES string of the molecule is COCCOc1cccc(NC(=O)C2CCCN(S(=O)(=O)c3ccc(C)s3)C2)c1. The van der Waals surface area contributed by atoms with E-state index >= 15 is 0 Å². The molecule has 1 aromatic carbocycles.